The van der Waals surface area contributed by atoms with Gasteiger partial charge < -0.3 is 14.4 Å². The number of nitrogens with zero attached hydrogens (tertiary/aromatic N) is 5. The molecule has 0 aliphatic carbocycles. The van der Waals surface area contributed by atoms with E-state index in [1.807, 2.05) is 27.0 Å². The Kier molecular flexibility index (Phi) is 6.93. The van der Waals surface area contributed by atoms with Gasteiger partial charge in [0.05, 0.1) is 24.9 Å². The second-order valence-electron chi connectivity index (χ2n) is 10.2. The Hall–Kier alpha value is -2.94. The molecule has 34 heavy (non-hydrogen) atoms. The minimum Gasteiger partial charge on any atom is -0.465 e. The highest BCUT2D eigenvalue weighted by atomic mass is 16.6. The van der Waals surface area contributed by atoms with E-state index in [0.717, 1.165) is 55.8 Å². The summed E-state index contributed by atoms with van der Waals surface area (Å²) < 4.78 is 12.5. The SMILES string of the molecule is COC(=O)c1ccncc1Cc1cnn(C2CCN(C3CN(C(=O)OC(C)(C)C)C3)CC2)c1C. The molecule has 2 aromatic heterocycles. The van der Waals surface area contributed by atoms with Crippen LogP contribution in [0.1, 0.15) is 66.8 Å². The second kappa shape index (κ2) is 9.74. The summed E-state index contributed by atoms with van der Waals surface area (Å²) in [6.07, 6.45) is 7.64. The first-order valence-corrected chi connectivity index (χ1v) is 11.9. The molecule has 2 aliphatic rings. The lowest BCUT2D eigenvalue weighted by molar-refractivity contribution is -0.0215. The zero-order valence-electron chi connectivity index (χ0n) is 20.8. The minimum absolute atomic E-state index is 0.220. The van der Waals surface area contributed by atoms with Gasteiger partial charge in [-0.25, -0.2) is 9.59 Å². The predicted octanol–water partition coefficient (Wildman–Crippen LogP) is 3.22. The van der Waals surface area contributed by atoms with Gasteiger partial charge in [-0.2, -0.15) is 5.10 Å². The first kappa shape index (κ1) is 24.2. The van der Waals surface area contributed by atoms with Crippen molar-refractivity contribution in [1.82, 2.24) is 24.6 Å². The average Bonchev–Trinajstić information content (AvgIpc) is 3.12. The number of hydrogen-bond acceptors (Lipinski definition) is 7. The van der Waals surface area contributed by atoms with Gasteiger partial charge in [-0.05, 0) is 57.7 Å². The highest BCUT2D eigenvalue weighted by Crippen LogP contribution is 2.29. The number of hydrogen-bond donors (Lipinski definition) is 0. The van der Waals surface area contributed by atoms with Crippen LogP contribution in [0, 0.1) is 6.92 Å². The first-order chi connectivity index (χ1) is 16.2. The van der Waals surface area contributed by atoms with Crippen molar-refractivity contribution in [2.75, 3.05) is 33.3 Å². The first-order valence-electron chi connectivity index (χ1n) is 11.9. The van der Waals surface area contributed by atoms with E-state index < -0.39 is 5.60 Å². The van der Waals surface area contributed by atoms with E-state index in [1.54, 1.807) is 23.4 Å². The van der Waals surface area contributed by atoms with Crippen LogP contribution in [-0.2, 0) is 15.9 Å². The van der Waals surface area contributed by atoms with E-state index in [2.05, 4.69) is 21.5 Å². The van der Waals surface area contributed by atoms with Crippen molar-refractivity contribution >= 4 is 12.1 Å². The van der Waals surface area contributed by atoms with Gasteiger partial charge in [-0.1, -0.05) is 0 Å². The molecule has 2 fully saturated rings. The molecule has 0 saturated carbocycles. The van der Waals surface area contributed by atoms with Gasteiger partial charge in [0.25, 0.3) is 0 Å². The summed E-state index contributed by atoms with van der Waals surface area (Å²) in [6, 6.07) is 2.45. The standard InChI is InChI=1S/C25H35N5O4/c1-17-18(12-19-13-26-9-6-22(19)23(31)33-5)14-27-30(17)20-7-10-28(11-8-20)21-15-29(16-21)24(32)34-25(2,3)4/h6,9,13-14,20-21H,7-8,10-12,15-16H2,1-5H3. The molecule has 9 heteroatoms. The van der Waals surface area contributed by atoms with Crippen LogP contribution in [0.4, 0.5) is 4.79 Å². The van der Waals surface area contributed by atoms with E-state index in [-0.39, 0.29) is 12.1 Å². The van der Waals surface area contributed by atoms with Crippen LogP contribution >= 0.6 is 0 Å². The summed E-state index contributed by atoms with van der Waals surface area (Å²) in [6.45, 7) is 11.2. The number of piperidine rings is 1. The number of carbonyl (C=O) groups is 2. The number of aromatic nitrogens is 3. The number of ether oxygens (including phenoxy) is 2. The molecule has 0 unspecified atom stereocenters. The van der Waals surface area contributed by atoms with Crippen molar-refractivity contribution in [1.29, 1.82) is 0 Å². The van der Waals surface area contributed by atoms with Crippen molar-refractivity contribution in [3.05, 3.63) is 47.0 Å². The number of likely N-dealkylation sites (tertiary alicyclic amines) is 2. The van der Waals surface area contributed by atoms with E-state index in [9.17, 15) is 9.59 Å². The molecule has 184 valence electrons. The minimum atomic E-state index is -0.459. The number of rotatable bonds is 5. The molecule has 9 nitrogen and oxygen atoms in total. The number of amides is 1. The van der Waals surface area contributed by atoms with E-state index in [1.165, 1.54) is 7.11 Å². The molecule has 1 amide bonds. The van der Waals surface area contributed by atoms with Gasteiger partial charge in [0.1, 0.15) is 5.60 Å². The van der Waals surface area contributed by atoms with Gasteiger partial charge in [-0.15, -0.1) is 0 Å². The molecular formula is C25H35N5O4. The molecule has 0 spiro atoms. The zero-order chi connectivity index (χ0) is 24.5. The Morgan fingerprint density at radius 2 is 1.79 bits per heavy atom. The molecular weight excluding hydrogens is 434 g/mol. The van der Waals surface area contributed by atoms with E-state index >= 15 is 0 Å². The fourth-order valence-corrected chi connectivity index (χ4v) is 4.74. The van der Waals surface area contributed by atoms with Crippen molar-refractivity contribution in [2.45, 2.75) is 64.6 Å². The van der Waals surface area contributed by atoms with Crippen molar-refractivity contribution in [3.8, 4) is 0 Å². The van der Waals surface area contributed by atoms with Crippen LogP contribution < -0.4 is 0 Å². The fourth-order valence-electron chi connectivity index (χ4n) is 4.74. The molecule has 2 aromatic rings. The van der Waals surface area contributed by atoms with E-state index in [4.69, 9.17) is 14.6 Å². The van der Waals surface area contributed by atoms with Crippen LogP contribution in [-0.4, -0.2) is 81.6 Å². The monoisotopic (exact) mass is 469 g/mol. The van der Waals surface area contributed by atoms with Gasteiger partial charge in [0.15, 0.2) is 0 Å². The maximum absolute atomic E-state index is 12.2. The molecule has 0 N–H and O–H groups in total. The highest BCUT2D eigenvalue weighted by molar-refractivity contribution is 5.90. The summed E-state index contributed by atoms with van der Waals surface area (Å²) in [5.74, 6) is -0.351. The fraction of sp³-hybridized carbons (Fsp3) is 0.600. The number of pyridine rings is 1. The van der Waals surface area contributed by atoms with Crippen LogP contribution in [0.5, 0.6) is 0 Å². The normalized spacial score (nSPS) is 18.0. The Morgan fingerprint density at radius 1 is 1.09 bits per heavy atom. The quantitative estimate of drug-likeness (QED) is 0.621. The van der Waals surface area contributed by atoms with Crippen molar-refractivity contribution in [2.24, 2.45) is 0 Å². The Bertz CT molecular complexity index is 1030. The van der Waals surface area contributed by atoms with Gasteiger partial charge in [0, 0.05) is 56.7 Å². The molecule has 2 aliphatic heterocycles. The van der Waals surface area contributed by atoms with Gasteiger partial charge in [0.2, 0.25) is 0 Å². The van der Waals surface area contributed by atoms with Crippen LogP contribution in [0.25, 0.3) is 0 Å². The van der Waals surface area contributed by atoms with Crippen LogP contribution in [0.15, 0.2) is 24.7 Å². The summed E-state index contributed by atoms with van der Waals surface area (Å²) in [5.41, 5.74) is 3.13. The number of methoxy groups -OCH3 is 1. The molecule has 0 atom stereocenters. The lowest BCUT2D eigenvalue weighted by atomic mass is 9.99. The lowest BCUT2D eigenvalue weighted by Crippen LogP contribution is -2.62. The van der Waals surface area contributed by atoms with Gasteiger partial charge >= 0.3 is 12.1 Å². The maximum atomic E-state index is 12.2. The lowest BCUT2D eigenvalue weighted by Gasteiger charge is -2.47. The molecule has 4 heterocycles. The van der Waals surface area contributed by atoms with E-state index in [0.29, 0.717) is 24.1 Å². The molecule has 4 rings (SSSR count). The smallest absolute Gasteiger partial charge is 0.410 e. The largest absolute Gasteiger partial charge is 0.465 e. The topological polar surface area (TPSA) is 89.8 Å². The second-order valence-corrected chi connectivity index (χ2v) is 10.2. The molecule has 0 radical (unpaired) electrons. The Labute approximate surface area is 201 Å². The summed E-state index contributed by atoms with van der Waals surface area (Å²) in [7, 11) is 1.39. The third-order valence-electron chi connectivity index (χ3n) is 6.71. The van der Waals surface area contributed by atoms with Gasteiger partial charge in [-0.3, -0.25) is 14.6 Å². The third-order valence-corrected chi connectivity index (χ3v) is 6.71. The highest BCUT2D eigenvalue weighted by Gasteiger charge is 2.38. The van der Waals surface area contributed by atoms with Crippen molar-refractivity contribution in [3.63, 3.8) is 0 Å². The molecule has 0 aromatic carbocycles. The number of esters is 1. The summed E-state index contributed by atoms with van der Waals surface area (Å²) in [4.78, 5) is 32.7. The van der Waals surface area contributed by atoms with Crippen LogP contribution in [0.2, 0.25) is 0 Å². The predicted molar refractivity (Wildman–Crippen MR) is 127 cm³/mol. The van der Waals surface area contributed by atoms with Crippen LogP contribution in [0.3, 0.4) is 0 Å². The zero-order valence-corrected chi connectivity index (χ0v) is 20.8. The van der Waals surface area contributed by atoms with Crippen molar-refractivity contribution < 1.29 is 19.1 Å². The summed E-state index contributed by atoms with van der Waals surface area (Å²) >= 11 is 0. The summed E-state index contributed by atoms with van der Waals surface area (Å²) in [5, 5.41) is 4.70. The Morgan fingerprint density at radius 3 is 2.44 bits per heavy atom. The third kappa shape index (κ3) is 5.24. The molecule has 2 saturated heterocycles. The molecule has 0 bridgehead atoms. The maximum Gasteiger partial charge on any atom is 0.410 e. The Balaban J connectivity index is 1.32. The number of carbonyl (C=O) groups excluding carboxylic acids is 2. The average molecular weight is 470 g/mol.